The van der Waals surface area contributed by atoms with E-state index in [4.69, 9.17) is 5.73 Å². The zero-order chi connectivity index (χ0) is 15.6. The van der Waals surface area contributed by atoms with Gasteiger partial charge in [0, 0.05) is 24.5 Å². The molecule has 0 bridgehead atoms. The van der Waals surface area contributed by atoms with Crippen LogP contribution in [0.3, 0.4) is 0 Å². The summed E-state index contributed by atoms with van der Waals surface area (Å²) in [6.45, 7) is 5.53. The molecule has 3 N–H and O–H groups in total. The summed E-state index contributed by atoms with van der Waals surface area (Å²) >= 11 is 0. The van der Waals surface area contributed by atoms with Gasteiger partial charge in [-0.05, 0) is 37.7 Å². The Labute approximate surface area is 117 Å². The van der Waals surface area contributed by atoms with E-state index in [2.05, 4.69) is 19.2 Å². The number of benzene rings is 1. The summed E-state index contributed by atoms with van der Waals surface area (Å²) < 4.78 is 38.3. The molecule has 0 radical (unpaired) electrons. The van der Waals surface area contributed by atoms with Gasteiger partial charge < -0.3 is 16.0 Å². The molecule has 0 spiro atoms. The van der Waals surface area contributed by atoms with E-state index in [0.717, 1.165) is 12.6 Å². The summed E-state index contributed by atoms with van der Waals surface area (Å²) in [7, 11) is 3.93. The smallest absolute Gasteiger partial charge is 0.398 e. The monoisotopic (exact) mass is 289 g/mol. The average molecular weight is 289 g/mol. The van der Waals surface area contributed by atoms with Crippen LogP contribution in [0.5, 0.6) is 0 Å². The van der Waals surface area contributed by atoms with Crippen molar-refractivity contribution in [2.45, 2.75) is 20.0 Å². The minimum absolute atomic E-state index is 0.0523. The van der Waals surface area contributed by atoms with Crippen molar-refractivity contribution in [2.75, 3.05) is 38.2 Å². The molecule has 0 aliphatic carbocycles. The van der Waals surface area contributed by atoms with Gasteiger partial charge in [0.05, 0.1) is 5.56 Å². The van der Waals surface area contributed by atoms with E-state index in [-0.39, 0.29) is 11.1 Å². The number of nitrogens with two attached hydrogens (primary N) is 1. The highest BCUT2D eigenvalue weighted by atomic mass is 19.4. The largest absolute Gasteiger partial charge is 0.418 e. The van der Waals surface area contributed by atoms with Gasteiger partial charge in [-0.25, -0.2) is 0 Å². The number of anilines is 2. The normalized spacial score (nSPS) is 12.8. The Hall–Kier alpha value is -1.43. The first kappa shape index (κ1) is 16.6. The third-order valence-corrected chi connectivity index (χ3v) is 2.87. The molecule has 0 unspecified atom stereocenters. The fraction of sp³-hybridized carbons (Fsp3) is 0.571. The standard InChI is InChI=1S/C14H22F3N3/c1-13(2,9-20(3)4)8-19-10-5-6-12(18)11(7-10)14(15,16)17/h5-7,19H,8-9,18H2,1-4H3. The van der Waals surface area contributed by atoms with Crippen LogP contribution < -0.4 is 11.1 Å². The summed E-state index contributed by atoms with van der Waals surface area (Å²) in [5.41, 5.74) is 4.69. The van der Waals surface area contributed by atoms with Crippen molar-refractivity contribution in [3.63, 3.8) is 0 Å². The number of nitrogen functional groups attached to an aromatic ring is 1. The molecule has 0 aliphatic heterocycles. The fourth-order valence-electron chi connectivity index (χ4n) is 2.17. The second kappa shape index (κ2) is 5.91. The van der Waals surface area contributed by atoms with Crippen LogP contribution in [0.1, 0.15) is 19.4 Å². The molecule has 0 amide bonds. The highest BCUT2D eigenvalue weighted by molar-refractivity contribution is 5.58. The van der Waals surface area contributed by atoms with Crippen molar-refractivity contribution in [1.82, 2.24) is 4.90 Å². The van der Waals surface area contributed by atoms with Gasteiger partial charge in [0.1, 0.15) is 0 Å². The third kappa shape index (κ3) is 4.92. The molecule has 3 nitrogen and oxygen atoms in total. The number of nitrogens with one attached hydrogen (secondary N) is 1. The lowest BCUT2D eigenvalue weighted by Crippen LogP contribution is -2.34. The van der Waals surface area contributed by atoms with Gasteiger partial charge in [0.15, 0.2) is 0 Å². The number of halogens is 3. The second-order valence-corrected chi connectivity index (χ2v) is 6.06. The minimum Gasteiger partial charge on any atom is -0.398 e. The number of rotatable bonds is 5. The third-order valence-electron chi connectivity index (χ3n) is 2.87. The molecule has 0 aliphatic rings. The number of alkyl halides is 3. The topological polar surface area (TPSA) is 41.3 Å². The van der Waals surface area contributed by atoms with Crippen LogP contribution in [0, 0.1) is 5.41 Å². The zero-order valence-electron chi connectivity index (χ0n) is 12.3. The Morgan fingerprint density at radius 1 is 1.20 bits per heavy atom. The van der Waals surface area contributed by atoms with Crippen LogP contribution >= 0.6 is 0 Å². The Balaban J connectivity index is 2.80. The number of hydrogen-bond donors (Lipinski definition) is 2. The van der Waals surface area contributed by atoms with E-state index in [1.165, 1.54) is 6.07 Å². The molecule has 1 rings (SSSR count). The Kier molecular flexibility index (Phi) is 4.91. The van der Waals surface area contributed by atoms with E-state index >= 15 is 0 Å². The van der Waals surface area contributed by atoms with Gasteiger partial charge >= 0.3 is 6.18 Å². The van der Waals surface area contributed by atoms with Crippen LogP contribution in [0.25, 0.3) is 0 Å². The molecule has 1 aromatic carbocycles. The maximum absolute atomic E-state index is 12.8. The van der Waals surface area contributed by atoms with Crippen LogP contribution in [0.2, 0.25) is 0 Å². The molecule has 114 valence electrons. The van der Waals surface area contributed by atoms with Gasteiger partial charge in [-0.1, -0.05) is 13.8 Å². The molecule has 0 saturated carbocycles. The van der Waals surface area contributed by atoms with Crippen LogP contribution in [0.4, 0.5) is 24.5 Å². The van der Waals surface area contributed by atoms with Gasteiger partial charge in [0.2, 0.25) is 0 Å². The Morgan fingerprint density at radius 2 is 1.80 bits per heavy atom. The summed E-state index contributed by atoms with van der Waals surface area (Å²) in [6, 6.07) is 3.90. The number of nitrogens with zero attached hydrogens (tertiary/aromatic N) is 1. The summed E-state index contributed by atoms with van der Waals surface area (Å²) in [6.07, 6.45) is -4.43. The quantitative estimate of drug-likeness (QED) is 0.817. The first-order valence-electron chi connectivity index (χ1n) is 6.36. The molecular weight excluding hydrogens is 267 g/mol. The molecule has 0 heterocycles. The van der Waals surface area contributed by atoms with Gasteiger partial charge in [-0.2, -0.15) is 13.2 Å². The molecule has 20 heavy (non-hydrogen) atoms. The van der Waals surface area contributed by atoms with Crippen molar-refractivity contribution in [2.24, 2.45) is 5.41 Å². The molecule has 0 fully saturated rings. The lowest BCUT2D eigenvalue weighted by molar-refractivity contribution is -0.136. The second-order valence-electron chi connectivity index (χ2n) is 6.06. The Morgan fingerprint density at radius 3 is 2.30 bits per heavy atom. The highest BCUT2D eigenvalue weighted by Crippen LogP contribution is 2.35. The molecule has 0 saturated heterocycles. The average Bonchev–Trinajstić information content (AvgIpc) is 2.24. The summed E-state index contributed by atoms with van der Waals surface area (Å²) in [5, 5.41) is 3.05. The molecule has 0 aromatic heterocycles. The van der Waals surface area contributed by atoms with Crippen molar-refractivity contribution in [3.05, 3.63) is 23.8 Å². The lowest BCUT2D eigenvalue weighted by atomic mass is 9.93. The van der Waals surface area contributed by atoms with Gasteiger partial charge in [-0.3, -0.25) is 0 Å². The molecule has 1 aromatic rings. The molecular formula is C14H22F3N3. The van der Waals surface area contributed by atoms with Crippen LogP contribution in [-0.4, -0.2) is 32.1 Å². The summed E-state index contributed by atoms with van der Waals surface area (Å²) in [4.78, 5) is 2.05. The van der Waals surface area contributed by atoms with Crippen molar-refractivity contribution in [1.29, 1.82) is 0 Å². The van der Waals surface area contributed by atoms with Crippen molar-refractivity contribution >= 4 is 11.4 Å². The van der Waals surface area contributed by atoms with E-state index in [0.29, 0.717) is 12.2 Å². The Bertz CT molecular complexity index is 453. The fourth-order valence-corrected chi connectivity index (χ4v) is 2.17. The SMILES string of the molecule is CN(C)CC(C)(C)CNc1ccc(N)c(C(F)(F)F)c1. The summed E-state index contributed by atoms with van der Waals surface area (Å²) in [5.74, 6) is 0. The maximum Gasteiger partial charge on any atom is 0.418 e. The van der Waals surface area contributed by atoms with Gasteiger partial charge in [0.25, 0.3) is 0 Å². The van der Waals surface area contributed by atoms with E-state index in [1.807, 2.05) is 19.0 Å². The first-order valence-corrected chi connectivity index (χ1v) is 6.36. The minimum atomic E-state index is -4.43. The molecule has 0 atom stereocenters. The van der Waals surface area contributed by atoms with Crippen LogP contribution in [-0.2, 0) is 6.18 Å². The first-order chi connectivity index (χ1) is 9.01. The zero-order valence-corrected chi connectivity index (χ0v) is 12.3. The molecule has 6 heteroatoms. The van der Waals surface area contributed by atoms with Gasteiger partial charge in [-0.15, -0.1) is 0 Å². The number of hydrogen-bond acceptors (Lipinski definition) is 3. The van der Waals surface area contributed by atoms with E-state index in [9.17, 15) is 13.2 Å². The van der Waals surface area contributed by atoms with Crippen molar-refractivity contribution < 1.29 is 13.2 Å². The lowest BCUT2D eigenvalue weighted by Gasteiger charge is -2.29. The van der Waals surface area contributed by atoms with E-state index in [1.54, 1.807) is 6.07 Å². The van der Waals surface area contributed by atoms with E-state index < -0.39 is 11.7 Å². The highest BCUT2D eigenvalue weighted by Gasteiger charge is 2.33. The van der Waals surface area contributed by atoms with Crippen LogP contribution in [0.15, 0.2) is 18.2 Å². The predicted octanol–water partition coefficient (Wildman–Crippen LogP) is 3.29. The van der Waals surface area contributed by atoms with Crippen molar-refractivity contribution in [3.8, 4) is 0 Å². The predicted molar refractivity (Wildman–Crippen MR) is 76.7 cm³/mol. The maximum atomic E-state index is 12.8.